The van der Waals surface area contributed by atoms with Crippen LogP contribution in [0.1, 0.15) is 32.3 Å². The maximum absolute atomic E-state index is 13.8. The number of morpholine rings is 1. The Kier molecular flexibility index (Phi) is 13.6. The van der Waals surface area contributed by atoms with Crippen LogP contribution in [0.5, 0.6) is 0 Å². The summed E-state index contributed by atoms with van der Waals surface area (Å²) in [7, 11) is -4.28. The summed E-state index contributed by atoms with van der Waals surface area (Å²) >= 11 is 1.62. The highest BCUT2D eigenvalue weighted by Crippen LogP contribution is 2.37. The highest BCUT2D eigenvalue weighted by Gasteiger charge is 2.37. The molecule has 5 aromatic carbocycles. The highest BCUT2D eigenvalue weighted by atomic mass is 32.2. The van der Waals surface area contributed by atoms with Crippen molar-refractivity contribution >= 4 is 55.6 Å². The number of nitro groups is 1. The number of sulfonamides is 1. The third-order valence-corrected chi connectivity index (χ3v) is 14.5. The van der Waals surface area contributed by atoms with E-state index in [4.69, 9.17) is 9.47 Å². The fourth-order valence-electron chi connectivity index (χ4n) is 8.31. The third kappa shape index (κ3) is 11.0. The summed E-state index contributed by atoms with van der Waals surface area (Å²) in [6.45, 7) is 10.2. The quantitative estimate of drug-likeness (QED) is 0.0511. The van der Waals surface area contributed by atoms with E-state index in [1.165, 1.54) is 35.2 Å². The van der Waals surface area contributed by atoms with Crippen LogP contribution in [0.2, 0.25) is 0 Å². The van der Waals surface area contributed by atoms with Gasteiger partial charge in [-0.1, -0.05) is 72.8 Å². The molecule has 63 heavy (non-hydrogen) atoms. The number of ether oxygens (including phenoxy) is 2. The van der Waals surface area contributed by atoms with Crippen LogP contribution in [0.3, 0.4) is 0 Å². The first-order chi connectivity index (χ1) is 30.5. The molecule has 2 aliphatic rings. The number of rotatable bonds is 17. The van der Waals surface area contributed by atoms with E-state index in [0.717, 1.165) is 81.8 Å². The second-order valence-corrected chi connectivity index (χ2v) is 19.5. The Labute approximate surface area is 373 Å². The molecular formula is C48H53N7O6S2. The van der Waals surface area contributed by atoms with Crippen LogP contribution >= 0.6 is 11.8 Å². The van der Waals surface area contributed by atoms with Gasteiger partial charge in [0.05, 0.1) is 40.8 Å². The van der Waals surface area contributed by atoms with Crippen LogP contribution in [-0.2, 0) is 25.9 Å². The molecule has 2 N–H and O–H groups in total. The standard InChI is InChI=1S/C48H53N7O6S2/c1-47(2,34-62-39-14-7-4-8-15-39)51-43-20-18-40(32-45(43)55(56)57)63(58,59)52-46-42-19-17-38(31-44(42)49-35-50-46)54-23-21-48(22-24-54,61-30-27-53-25-28-60-29-26-53)33-37-13-9-10-16-41(37)36-11-5-3-6-12-36/h3-20,31-32,35,51H,21-30,33-34H2,1-2H3,(H,49,50,52). The number of benzene rings is 5. The Morgan fingerprint density at radius 2 is 1.59 bits per heavy atom. The first kappa shape index (κ1) is 44.0. The zero-order valence-corrected chi connectivity index (χ0v) is 37.2. The molecule has 2 fully saturated rings. The molecule has 0 amide bonds. The van der Waals surface area contributed by atoms with Crippen LogP contribution in [-0.4, -0.2) is 97.6 Å². The van der Waals surface area contributed by atoms with Crippen molar-refractivity contribution in [1.82, 2.24) is 14.9 Å². The van der Waals surface area contributed by atoms with Crippen molar-refractivity contribution in [2.24, 2.45) is 0 Å². The summed E-state index contributed by atoms with van der Waals surface area (Å²) < 4.78 is 42.7. The largest absolute Gasteiger partial charge is 0.379 e. The molecule has 328 valence electrons. The number of nitro benzene ring substituents is 1. The summed E-state index contributed by atoms with van der Waals surface area (Å²) in [5.74, 6) is 0.699. The third-order valence-electron chi connectivity index (χ3n) is 11.7. The zero-order chi connectivity index (χ0) is 43.9. The Bertz CT molecular complexity index is 2620. The second-order valence-electron chi connectivity index (χ2n) is 16.7. The van der Waals surface area contributed by atoms with E-state index in [9.17, 15) is 18.5 Å². The molecule has 0 radical (unpaired) electrons. The lowest BCUT2D eigenvalue weighted by Gasteiger charge is -2.43. The smallest absolute Gasteiger partial charge is 0.293 e. The van der Waals surface area contributed by atoms with Crippen molar-refractivity contribution in [3.63, 3.8) is 0 Å². The van der Waals surface area contributed by atoms with E-state index in [2.05, 4.69) is 78.3 Å². The number of anilines is 3. The molecule has 3 heterocycles. The van der Waals surface area contributed by atoms with Gasteiger partial charge < -0.3 is 19.7 Å². The molecule has 6 aromatic rings. The SMILES string of the molecule is CC(C)(CSc1ccccc1)Nc1ccc(S(=O)(=O)Nc2ncnc3cc(N4CCC(Cc5ccccc5-c5ccccc5)(OCCN5CCOCC5)CC4)ccc23)cc1[N+](=O)[O-]. The van der Waals surface area contributed by atoms with Gasteiger partial charge >= 0.3 is 0 Å². The number of fused-ring (bicyclic) bond motifs is 1. The first-order valence-electron chi connectivity index (χ1n) is 21.3. The van der Waals surface area contributed by atoms with Crippen LogP contribution in [0.25, 0.3) is 22.0 Å². The minimum Gasteiger partial charge on any atom is -0.379 e. The molecule has 0 unspecified atom stereocenters. The summed E-state index contributed by atoms with van der Waals surface area (Å²) in [4.78, 5) is 26.0. The van der Waals surface area contributed by atoms with E-state index < -0.39 is 20.5 Å². The van der Waals surface area contributed by atoms with Gasteiger partial charge in [0.1, 0.15) is 12.0 Å². The molecule has 15 heteroatoms. The number of piperidine rings is 1. The number of thioether (sulfide) groups is 1. The van der Waals surface area contributed by atoms with Gasteiger partial charge in [-0.25, -0.2) is 18.4 Å². The van der Waals surface area contributed by atoms with Crippen LogP contribution in [0.15, 0.2) is 137 Å². The number of hydrogen-bond donors (Lipinski definition) is 2. The van der Waals surface area contributed by atoms with Gasteiger partial charge in [0, 0.05) is 72.5 Å². The van der Waals surface area contributed by atoms with Crippen LogP contribution in [0.4, 0.5) is 22.9 Å². The predicted octanol–water partition coefficient (Wildman–Crippen LogP) is 8.92. The molecular weight excluding hydrogens is 835 g/mol. The minimum absolute atomic E-state index is 0.0823. The van der Waals surface area contributed by atoms with Crippen molar-refractivity contribution in [2.45, 2.75) is 54.0 Å². The second kappa shape index (κ2) is 19.4. The average molecular weight is 888 g/mol. The van der Waals surface area contributed by atoms with Crippen LogP contribution in [0, 0.1) is 10.1 Å². The Hall–Kier alpha value is -5.58. The van der Waals surface area contributed by atoms with Gasteiger partial charge in [0.25, 0.3) is 15.7 Å². The average Bonchev–Trinajstić information content (AvgIpc) is 3.29. The number of nitrogens with one attached hydrogen (secondary N) is 2. The lowest BCUT2D eigenvalue weighted by molar-refractivity contribution is -0.384. The summed E-state index contributed by atoms with van der Waals surface area (Å²) in [5.41, 5.74) is 4.17. The fraction of sp³-hybridized carbons (Fsp3) is 0.333. The lowest BCUT2D eigenvalue weighted by atomic mass is 9.82. The van der Waals surface area contributed by atoms with Gasteiger partial charge in [-0.05, 0) is 85.8 Å². The maximum Gasteiger partial charge on any atom is 0.293 e. The van der Waals surface area contributed by atoms with Crippen molar-refractivity contribution in [3.8, 4) is 11.1 Å². The fourth-order valence-corrected chi connectivity index (χ4v) is 10.3. The van der Waals surface area contributed by atoms with E-state index in [-0.39, 0.29) is 27.7 Å². The van der Waals surface area contributed by atoms with Gasteiger partial charge in [-0.3, -0.25) is 19.7 Å². The monoisotopic (exact) mass is 887 g/mol. The summed E-state index contributed by atoms with van der Waals surface area (Å²) in [5, 5.41) is 16.0. The van der Waals surface area contributed by atoms with Crippen molar-refractivity contribution in [2.75, 3.05) is 73.2 Å². The molecule has 0 saturated carbocycles. The Morgan fingerprint density at radius 3 is 2.33 bits per heavy atom. The highest BCUT2D eigenvalue weighted by molar-refractivity contribution is 7.99. The van der Waals surface area contributed by atoms with Crippen molar-refractivity contribution < 1.29 is 22.8 Å². The van der Waals surface area contributed by atoms with Crippen molar-refractivity contribution in [1.29, 1.82) is 0 Å². The Morgan fingerprint density at radius 1 is 0.873 bits per heavy atom. The normalized spacial score (nSPS) is 15.9. The molecule has 13 nitrogen and oxygen atoms in total. The van der Waals surface area contributed by atoms with Gasteiger partial charge in [-0.15, -0.1) is 11.8 Å². The van der Waals surface area contributed by atoms with E-state index in [0.29, 0.717) is 23.3 Å². The number of hydrogen-bond acceptors (Lipinski definition) is 12. The lowest BCUT2D eigenvalue weighted by Crippen LogP contribution is -2.49. The minimum atomic E-state index is -4.28. The summed E-state index contributed by atoms with van der Waals surface area (Å²) in [6, 6.07) is 38.6. The Balaban J connectivity index is 0.969. The predicted molar refractivity (Wildman–Crippen MR) is 251 cm³/mol. The molecule has 1 aromatic heterocycles. The van der Waals surface area contributed by atoms with Gasteiger partial charge in [0.15, 0.2) is 5.82 Å². The topological polar surface area (TPSA) is 152 Å². The molecule has 8 rings (SSSR count). The maximum atomic E-state index is 13.8. The molecule has 2 aliphatic heterocycles. The van der Waals surface area contributed by atoms with Gasteiger partial charge in [-0.2, -0.15) is 0 Å². The van der Waals surface area contributed by atoms with E-state index in [1.807, 2.05) is 68.4 Å². The first-order valence-corrected chi connectivity index (χ1v) is 23.8. The number of aromatic nitrogens is 2. The molecule has 0 bridgehead atoms. The van der Waals surface area contributed by atoms with E-state index in [1.54, 1.807) is 11.8 Å². The van der Waals surface area contributed by atoms with Gasteiger partial charge in [0.2, 0.25) is 0 Å². The zero-order valence-electron chi connectivity index (χ0n) is 35.6. The molecule has 2 saturated heterocycles. The van der Waals surface area contributed by atoms with Crippen LogP contribution < -0.4 is 14.9 Å². The number of nitrogens with zero attached hydrogens (tertiary/aromatic N) is 5. The van der Waals surface area contributed by atoms with E-state index >= 15 is 0 Å². The van der Waals surface area contributed by atoms with Crippen molar-refractivity contribution in [3.05, 3.63) is 143 Å². The molecule has 0 aliphatic carbocycles. The molecule has 0 atom stereocenters. The summed E-state index contributed by atoms with van der Waals surface area (Å²) in [6.07, 6.45) is 3.74. The molecule has 0 spiro atoms.